The molecule has 1 aliphatic heterocycles. The molecule has 0 saturated carbocycles. The third kappa shape index (κ3) is 2.34. The van der Waals surface area contributed by atoms with E-state index in [-0.39, 0.29) is 24.4 Å². The standard InChI is InChI=1S/C17H16N2O2/c1-11-5-4-6-12(9-11)15(18)10-19-16(20)13-7-2-3-8-14(13)17(19)21/h2-9,15H,10,18H2,1H3. The number of hydrogen-bond acceptors (Lipinski definition) is 3. The molecule has 0 aliphatic carbocycles. The molecule has 0 saturated heterocycles. The molecule has 0 radical (unpaired) electrons. The Bertz CT molecular complexity index is 689. The fraction of sp³-hybridized carbons (Fsp3) is 0.176. The number of nitrogens with two attached hydrogens (primary N) is 1. The lowest BCUT2D eigenvalue weighted by Crippen LogP contribution is -2.36. The fourth-order valence-corrected chi connectivity index (χ4v) is 2.61. The Balaban J connectivity index is 1.84. The molecule has 2 aromatic carbocycles. The van der Waals surface area contributed by atoms with E-state index in [9.17, 15) is 9.59 Å². The van der Waals surface area contributed by atoms with Crippen LogP contribution in [-0.4, -0.2) is 23.3 Å². The molecule has 1 atom stereocenters. The van der Waals surface area contributed by atoms with Crippen LogP contribution in [0, 0.1) is 6.92 Å². The van der Waals surface area contributed by atoms with Crippen molar-refractivity contribution in [2.75, 3.05) is 6.54 Å². The number of hydrogen-bond donors (Lipinski definition) is 1. The Morgan fingerprint density at radius 3 is 2.19 bits per heavy atom. The Labute approximate surface area is 123 Å². The minimum Gasteiger partial charge on any atom is -0.322 e. The van der Waals surface area contributed by atoms with Gasteiger partial charge in [-0.2, -0.15) is 0 Å². The summed E-state index contributed by atoms with van der Waals surface area (Å²) in [4.78, 5) is 25.8. The van der Waals surface area contributed by atoms with Crippen LogP contribution >= 0.6 is 0 Å². The minimum atomic E-state index is -0.382. The maximum Gasteiger partial charge on any atom is 0.261 e. The van der Waals surface area contributed by atoms with E-state index in [0.717, 1.165) is 11.1 Å². The SMILES string of the molecule is Cc1cccc(C(N)CN2C(=O)c3ccccc3C2=O)c1. The summed E-state index contributed by atoms with van der Waals surface area (Å²) < 4.78 is 0. The van der Waals surface area contributed by atoms with Crippen LogP contribution in [0.1, 0.15) is 37.9 Å². The zero-order valence-corrected chi connectivity index (χ0v) is 11.7. The number of benzene rings is 2. The summed E-state index contributed by atoms with van der Waals surface area (Å²) in [6.07, 6.45) is 0. The van der Waals surface area contributed by atoms with Crippen molar-refractivity contribution in [1.82, 2.24) is 4.90 Å². The predicted octanol–water partition coefficient (Wildman–Crippen LogP) is 2.29. The summed E-state index contributed by atoms with van der Waals surface area (Å²) in [7, 11) is 0. The molecule has 3 rings (SSSR count). The first kappa shape index (κ1) is 13.5. The van der Waals surface area contributed by atoms with Gasteiger partial charge in [0, 0.05) is 12.6 Å². The van der Waals surface area contributed by atoms with Crippen LogP contribution in [0.3, 0.4) is 0 Å². The first-order valence-corrected chi connectivity index (χ1v) is 6.85. The Kier molecular flexibility index (Phi) is 3.31. The van der Waals surface area contributed by atoms with Crippen molar-refractivity contribution in [1.29, 1.82) is 0 Å². The maximum atomic E-state index is 12.3. The molecule has 0 spiro atoms. The Morgan fingerprint density at radius 2 is 1.62 bits per heavy atom. The van der Waals surface area contributed by atoms with Crippen LogP contribution in [0.2, 0.25) is 0 Å². The second kappa shape index (κ2) is 5.14. The lowest BCUT2D eigenvalue weighted by atomic mass is 10.0. The van der Waals surface area contributed by atoms with E-state index in [2.05, 4.69) is 0 Å². The van der Waals surface area contributed by atoms with Gasteiger partial charge in [0.05, 0.1) is 11.1 Å². The van der Waals surface area contributed by atoms with Gasteiger partial charge in [-0.3, -0.25) is 14.5 Å². The normalized spacial score (nSPS) is 15.2. The van der Waals surface area contributed by atoms with Crippen molar-refractivity contribution in [2.45, 2.75) is 13.0 Å². The summed E-state index contributed by atoms with van der Waals surface area (Å²) in [6.45, 7) is 2.17. The van der Waals surface area contributed by atoms with Gasteiger partial charge < -0.3 is 5.73 Å². The molecule has 21 heavy (non-hydrogen) atoms. The smallest absolute Gasteiger partial charge is 0.261 e. The number of amides is 2. The van der Waals surface area contributed by atoms with Crippen molar-refractivity contribution in [2.24, 2.45) is 5.73 Å². The highest BCUT2D eigenvalue weighted by Gasteiger charge is 2.35. The van der Waals surface area contributed by atoms with E-state index in [0.29, 0.717) is 11.1 Å². The van der Waals surface area contributed by atoms with E-state index >= 15 is 0 Å². The molecule has 0 aromatic heterocycles. The number of carbonyl (C=O) groups is 2. The van der Waals surface area contributed by atoms with Gasteiger partial charge >= 0.3 is 0 Å². The molecule has 4 nitrogen and oxygen atoms in total. The number of imide groups is 1. The van der Waals surface area contributed by atoms with Crippen LogP contribution in [-0.2, 0) is 0 Å². The largest absolute Gasteiger partial charge is 0.322 e. The third-order valence-electron chi connectivity index (χ3n) is 3.73. The van der Waals surface area contributed by atoms with Crippen LogP contribution < -0.4 is 5.73 Å². The molecule has 2 aromatic rings. The van der Waals surface area contributed by atoms with Gasteiger partial charge in [0.1, 0.15) is 0 Å². The molecule has 2 amide bonds. The molecule has 2 N–H and O–H groups in total. The zero-order valence-electron chi connectivity index (χ0n) is 11.7. The molecule has 0 fully saturated rings. The molecule has 1 unspecified atom stereocenters. The lowest BCUT2D eigenvalue weighted by molar-refractivity contribution is 0.0645. The summed E-state index contributed by atoms with van der Waals surface area (Å²) >= 11 is 0. The number of aryl methyl sites for hydroxylation is 1. The van der Waals surface area contributed by atoms with Gasteiger partial charge in [-0.1, -0.05) is 42.0 Å². The Hall–Kier alpha value is -2.46. The van der Waals surface area contributed by atoms with Crippen LogP contribution in [0.4, 0.5) is 0 Å². The number of fused-ring (bicyclic) bond motifs is 1. The molecule has 106 valence electrons. The van der Waals surface area contributed by atoms with E-state index in [1.807, 2.05) is 31.2 Å². The van der Waals surface area contributed by atoms with Crippen LogP contribution in [0.5, 0.6) is 0 Å². The van der Waals surface area contributed by atoms with E-state index in [1.54, 1.807) is 24.3 Å². The van der Waals surface area contributed by atoms with Crippen LogP contribution in [0.25, 0.3) is 0 Å². The number of nitrogens with zero attached hydrogens (tertiary/aromatic N) is 1. The maximum absolute atomic E-state index is 12.3. The lowest BCUT2D eigenvalue weighted by Gasteiger charge is -2.19. The molecular formula is C17H16N2O2. The molecule has 4 heteroatoms. The van der Waals surface area contributed by atoms with E-state index in [1.165, 1.54) is 4.90 Å². The van der Waals surface area contributed by atoms with Gasteiger partial charge in [0.25, 0.3) is 11.8 Å². The number of carbonyl (C=O) groups excluding carboxylic acids is 2. The van der Waals surface area contributed by atoms with E-state index in [4.69, 9.17) is 5.73 Å². The van der Waals surface area contributed by atoms with Crippen molar-refractivity contribution < 1.29 is 9.59 Å². The number of rotatable bonds is 3. The highest BCUT2D eigenvalue weighted by molar-refractivity contribution is 6.21. The first-order valence-electron chi connectivity index (χ1n) is 6.85. The van der Waals surface area contributed by atoms with Crippen molar-refractivity contribution in [3.05, 3.63) is 70.8 Å². The molecule has 0 bridgehead atoms. The topological polar surface area (TPSA) is 63.4 Å². The average molecular weight is 280 g/mol. The zero-order chi connectivity index (χ0) is 15.0. The summed E-state index contributed by atoms with van der Waals surface area (Å²) in [5.74, 6) is -0.530. The fourth-order valence-electron chi connectivity index (χ4n) is 2.61. The minimum absolute atomic E-state index is 0.190. The predicted molar refractivity (Wildman–Crippen MR) is 79.9 cm³/mol. The summed E-state index contributed by atoms with van der Waals surface area (Å²) in [5.41, 5.74) is 9.10. The third-order valence-corrected chi connectivity index (χ3v) is 3.73. The van der Waals surface area contributed by atoms with Gasteiger partial charge in [0.15, 0.2) is 0 Å². The molecular weight excluding hydrogens is 264 g/mol. The van der Waals surface area contributed by atoms with Gasteiger partial charge in [-0.05, 0) is 24.6 Å². The van der Waals surface area contributed by atoms with Gasteiger partial charge in [-0.15, -0.1) is 0 Å². The van der Waals surface area contributed by atoms with E-state index < -0.39 is 0 Å². The highest BCUT2D eigenvalue weighted by Crippen LogP contribution is 2.24. The average Bonchev–Trinajstić information content (AvgIpc) is 2.73. The Morgan fingerprint density at radius 1 is 1.00 bits per heavy atom. The van der Waals surface area contributed by atoms with Crippen molar-refractivity contribution in [3.63, 3.8) is 0 Å². The second-order valence-electron chi connectivity index (χ2n) is 5.29. The van der Waals surface area contributed by atoms with Crippen LogP contribution in [0.15, 0.2) is 48.5 Å². The summed E-state index contributed by atoms with van der Waals surface area (Å²) in [5, 5.41) is 0. The van der Waals surface area contributed by atoms with Gasteiger partial charge in [0.2, 0.25) is 0 Å². The first-order chi connectivity index (χ1) is 10.1. The second-order valence-corrected chi connectivity index (χ2v) is 5.29. The van der Waals surface area contributed by atoms with Gasteiger partial charge in [-0.25, -0.2) is 0 Å². The highest BCUT2D eigenvalue weighted by atomic mass is 16.2. The quantitative estimate of drug-likeness (QED) is 0.877. The summed E-state index contributed by atoms with van der Waals surface area (Å²) in [6, 6.07) is 14.3. The molecule has 1 heterocycles. The van der Waals surface area contributed by atoms with Crippen molar-refractivity contribution in [3.8, 4) is 0 Å². The van der Waals surface area contributed by atoms with Crippen molar-refractivity contribution >= 4 is 11.8 Å². The monoisotopic (exact) mass is 280 g/mol. The molecule has 1 aliphatic rings.